The smallest absolute Gasteiger partial charge is 0.246 e. The van der Waals surface area contributed by atoms with Crippen LogP contribution in [0.15, 0.2) is 30.9 Å². The highest BCUT2D eigenvalue weighted by Crippen LogP contribution is 2.37. The molecular weight excluding hydrogens is 1100 g/mol. The molecule has 0 aliphatic carbocycles. The number of aldehydes is 1. The quantitative estimate of drug-likeness (QED) is 0.0278. The Bertz CT molecular complexity index is 2530. The first kappa shape index (κ1) is 68.6. The first-order valence-corrected chi connectivity index (χ1v) is 29.2. The Labute approximate surface area is 488 Å². The first-order valence-electron chi connectivity index (χ1n) is 28.2. The molecule has 460 valence electrons. The van der Waals surface area contributed by atoms with E-state index in [0.717, 1.165) is 17.1 Å². The Kier molecular flexibility index (Phi) is 28.1. The van der Waals surface area contributed by atoms with Gasteiger partial charge in [-0.2, -0.15) is 11.8 Å². The fraction of sp³-hybridized carbons (Fsp3) is 0.625. The number of aliphatic hydroxyl groups is 3. The highest BCUT2D eigenvalue weighted by Gasteiger charge is 2.44. The number of allylic oxidation sites excluding steroid dienone is 1. The number of thioether (sulfide) groups is 1. The molecule has 0 aromatic heterocycles. The van der Waals surface area contributed by atoms with E-state index < -0.39 is 134 Å². The summed E-state index contributed by atoms with van der Waals surface area (Å²) in [5.41, 5.74) is 13.1. The number of nitrogens with zero attached hydrogens (tertiary/aromatic N) is 2. The third-order valence-corrected chi connectivity index (χ3v) is 16.5. The van der Waals surface area contributed by atoms with Gasteiger partial charge in [-0.25, -0.2) is 0 Å². The predicted molar refractivity (Wildman–Crippen MR) is 307 cm³/mol. The standard InChI is InChI=1S/C56H85N11O15S/c1-7-31(2)50(64-47(74)26-57)54(79)60-27-48(75)62-40-24-38-37(14-15-44(82-6)39(38)30-83-36-16-19-66(20-17-36)49(76)13-9-8-10-18-59-46(73)12-11-21-68)32(3)22-33(4)61-55(80)51(34(5)43(71)29-69)65-53(78)42-23-35(70)28-67(42)56(81)41(25-45(58)72)63-52(40)77/h11-12,14-15,21,31,33-36,40-43,50-51,69-71H,3,7-10,13,16-20,22-30,57H2,1-2,4-6H3,(H2,58,72)(H,59,73)(H,60,79)(H,61,80)(H,62,75)(H,63,77)(H,64,74)(H,65,78)/b12-11-/t31-,33+,34-,35+,40-,41-,42?,43-,50-,51?/m0/s1. The number of aliphatic hydroxyl groups excluding tert-OH is 3. The van der Waals surface area contributed by atoms with Crippen LogP contribution in [0.5, 0.6) is 5.75 Å². The summed E-state index contributed by atoms with van der Waals surface area (Å²) >= 11 is 1.58. The number of piperidine rings is 1. The summed E-state index contributed by atoms with van der Waals surface area (Å²) in [4.78, 5) is 149. The van der Waals surface area contributed by atoms with Crippen molar-refractivity contribution in [1.82, 2.24) is 47.0 Å². The monoisotopic (exact) mass is 1180 g/mol. The molecule has 27 heteroatoms. The molecule has 0 bridgehead atoms. The van der Waals surface area contributed by atoms with E-state index in [1.54, 1.807) is 44.7 Å². The molecule has 2 unspecified atom stereocenters. The van der Waals surface area contributed by atoms with E-state index in [1.807, 2.05) is 4.90 Å². The van der Waals surface area contributed by atoms with Gasteiger partial charge in [0.05, 0.1) is 45.4 Å². The minimum absolute atomic E-state index is 0.0129. The molecule has 0 spiro atoms. The second-order valence-corrected chi connectivity index (χ2v) is 22.7. The summed E-state index contributed by atoms with van der Waals surface area (Å²) in [6.07, 6.45) is 2.65. The van der Waals surface area contributed by atoms with Crippen LogP contribution in [0.1, 0.15) is 109 Å². The minimum atomic E-state index is -1.79. The molecule has 10 amide bonds. The number of methoxy groups -OCH3 is 1. The van der Waals surface area contributed by atoms with Crippen molar-refractivity contribution in [3.05, 3.63) is 47.6 Å². The van der Waals surface area contributed by atoms with Crippen molar-refractivity contribution in [2.24, 2.45) is 23.3 Å². The molecule has 2 fully saturated rings. The minimum Gasteiger partial charge on any atom is -0.496 e. The molecule has 26 nitrogen and oxygen atoms in total. The largest absolute Gasteiger partial charge is 0.496 e. The summed E-state index contributed by atoms with van der Waals surface area (Å²) in [5.74, 6) is -8.14. The lowest BCUT2D eigenvalue weighted by Gasteiger charge is -2.33. The molecule has 1 aromatic carbocycles. The second-order valence-electron chi connectivity index (χ2n) is 21.4. The number of hydrogen-bond donors (Lipinski definition) is 12. The van der Waals surface area contributed by atoms with Gasteiger partial charge >= 0.3 is 0 Å². The van der Waals surface area contributed by atoms with E-state index in [9.17, 15) is 63.3 Å². The third-order valence-electron chi connectivity index (χ3n) is 15.1. The highest BCUT2D eigenvalue weighted by molar-refractivity contribution is 7.99. The fourth-order valence-electron chi connectivity index (χ4n) is 10.2. The van der Waals surface area contributed by atoms with E-state index in [4.69, 9.17) is 16.2 Å². The molecule has 0 radical (unpaired) electrons. The van der Waals surface area contributed by atoms with Gasteiger partial charge in [0, 0.05) is 80.0 Å². The van der Waals surface area contributed by atoms with Gasteiger partial charge in [-0.15, -0.1) is 0 Å². The highest BCUT2D eigenvalue weighted by atomic mass is 32.2. The van der Waals surface area contributed by atoms with Crippen LogP contribution in [0.4, 0.5) is 0 Å². The van der Waals surface area contributed by atoms with Crippen molar-refractivity contribution < 1.29 is 72.8 Å². The zero-order valence-corrected chi connectivity index (χ0v) is 48.9. The van der Waals surface area contributed by atoms with Crippen molar-refractivity contribution in [3.8, 4) is 5.75 Å². The molecule has 3 aliphatic rings. The lowest BCUT2D eigenvalue weighted by atomic mass is 9.88. The van der Waals surface area contributed by atoms with Crippen LogP contribution in [0.3, 0.4) is 0 Å². The molecule has 10 atom stereocenters. The average molecular weight is 1180 g/mol. The van der Waals surface area contributed by atoms with E-state index in [0.29, 0.717) is 98.9 Å². The summed E-state index contributed by atoms with van der Waals surface area (Å²) in [6, 6.07) is -4.75. The summed E-state index contributed by atoms with van der Waals surface area (Å²) in [5, 5.41) is 50.1. The number of hydrogen-bond acceptors (Lipinski definition) is 17. The number of carbonyl (C=O) groups is 11. The Morgan fingerprint density at radius 3 is 2.31 bits per heavy atom. The van der Waals surface area contributed by atoms with Gasteiger partial charge < -0.3 is 78.5 Å². The van der Waals surface area contributed by atoms with Crippen LogP contribution < -0.4 is 53.4 Å². The molecule has 14 N–H and O–H groups in total. The molecule has 2 saturated heterocycles. The molecule has 83 heavy (non-hydrogen) atoms. The molecule has 1 aromatic rings. The third kappa shape index (κ3) is 20.7. The summed E-state index contributed by atoms with van der Waals surface area (Å²) in [6.45, 7) is 10.1. The van der Waals surface area contributed by atoms with Gasteiger partial charge in [0.2, 0.25) is 59.1 Å². The summed E-state index contributed by atoms with van der Waals surface area (Å²) < 4.78 is 5.96. The zero-order valence-electron chi connectivity index (χ0n) is 48.1. The molecule has 3 heterocycles. The lowest BCUT2D eigenvalue weighted by molar-refractivity contribution is -0.144. The number of ether oxygens (including phenoxy) is 1. The van der Waals surface area contributed by atoms with Crippen LogP contribution in [-0.4, -0.2) is 197 Å². The molecule has 3 aliphatic heterocycles. The number of fused-ring (bicyclic) bond motifs is 2. The van der Waals surface area contributed by atoms with Gasteiger partial charge in [-0.05, 0) is 73.8 Å². The van der Waals surface area contributed by atoms with Gasteiger partial charge in [0.25, 0.3) is 0 Å². The van der Waals surface area contributed by atoms with E-state index in [1.165, 1.54) is 14.0 Å². The topological polar surface area (TPSA) is 400 Å². The Morgan fingerprint density at radius 2 is 1.67 bits per heavy atom. The fourth-order valence-corrected chi connectivity index (χ4v) is 11.4. The lowest BCUT2D eigenvalue weighted by Crippen LogP contribution is -2.60. The van der Waals surface area contributed by atoms with Crippen LogP contribution >= 0.6 is 11.8 Å². The number of rotatable bonds is 25. The second kappa shape index (κ2) is 34.0. The van der Waals surface area contributed by atoms with Crippen LogP contribution in [-0.2, 0) is 64.9 Å². The average Bonchev–Trinajstić information content (AvgIpc) is 3.93. The van der Waals surface area contributed by atoms with Crippen molar-refractivity contribution >= 4 is 82.7 Å². The molecule has 0 saturated carbocycles. The number of benzene rings is 1. The number of carbonyl (C=O) groups excluding carboxylic acids is 11. The van der Waals surface area contributed by atoms with Crippen molar-refractivity contribution in [2.45, 2.75) is 158 Å². The van der Waals surface area contributed by atoms with Gasteiger partial charge in [0.15, 0.2) is 0 Å². The van der Waals surface area contributed by atoms with E-state index >= 15 is 4.79 Å². The van der Waals surface area contributed by atoms with E-state index in [-0.39, 0.29) is 48.0 Å². The van der Waals surface area contributed by atoms with Crippen molar-refractivity contribution in [2.75, 3.05) is 53.0 Å². The van der Waals surface area contributed by atoms with Gasteiger partial charge in [-0.3, -0.25) is 52.7 Å². The number of amides is 10. The first-order chi connectivity index (χ1) is 39.5. The number of unbranched alkanes of at least 4 members (excludes halogenated alkanes) is 2. The maximum Gasteiger partial charge on any atom is 0.246 e. The van der Waals surface area contributed by atoms with Crippen LogP contribution in [0.25, 0.3) is 5.57 Å². The van der Waals surface area contributed by atoms with Crippen molar-refractivity contribution in [3.63, 3.8) is 0 Å². The number of likely N-dealkylation sites (tertiary alicyclic amines) is 1. The van der Waals surface area contributed by atoms with Crippen LogP contribution in [0.2, 0.25) is 0 Å². The Morgan fingerprint density at radius 1 is 0.964 bits per heavy atom. The summed E-state index contributed by atoms with van der Waals surface area (Å²) in [7, 11) is 1.46. The van der Waals surface area contributed by atoms with E-state index in [2.05, 4.69) is 43.8 Å². The zero-order chi connectivity index (χ0) is 61.5. The number of primary amides is 1. The maximum atomic E-state index is 15.0. The normalized spacial score (nSPS) is 22.7. The predicted octanol–water partition coefficient (Wildman–Crippen LogP) is -2.30. The molecule has 4 rings (SSSR count). The maximum absolute atomic E-state index is 15.0. The van der Waals surface area contributed by atoms with Crippen molar-refractivity contribution in [1.29, 1.82) is 0 Å². The Hall–Kier alpha value is -6.94. The number of nitrogens with two attached hydrogens (primary N) is 2. The molecular formula is C56H85N11O15S. The van der Waals surface area contributed by atoms with Crippen LogP contribution in [0, 0.1) is 11.8 Å². The SMILES string of the molecule is C=C1C[C@@H](C)NC(=O)C([C@@H](C)[C@@H](O)CO)NC(=O)C2C[C@@H](O)CN2C(=O)[C@H](CC(N)=O)NC(=O)[C@@H](NC(=O)CNC(=O)[C@@H](NC(=O)CN)[C@@H](C)CC)Cc2c1ccc(OC)c2CSC1CCN(C(=O)CCCCCNC(=O)/C=C\C=O)CC1. The Balaban J connectivity index is 1.76. The van der Waals surface area contributed by atoms with Gasteiger partial charge in [-0.1, -0.05) is 46.3 Å². The van der Waals surface area contributed by atoms with Gasteiger partial charge in [0.1, 0.15) is 42.2 Å². The number of nitrogens with one attached hydrogen (secondary N) is 7.